The Morgan fingerprint density at radius 2 is 2.32 bits per heavy atom. The molecule has 0 saturated carbocycles. The van der Waals surface area contributed by atoms with Crippen LogP contribution in [0.15, 0.2) is 36.7 Å². The molecule has 2 atom stereocenters. The first-order chi connectivity index (χ1) is 9.25. The topological polar surface area (TPSA) is 47.3 Å². The lowest BCUT2D eigenvalue weighted by atomic mass is 9.87. The Morgan fingerprint density at radius 1 is 1.47 bits per heavy atom. The first kappa shape index (κ1) is 12.2. The van der Waals surface area contributed by atoms with E-state index in [9.17, 15) is 5.11 Å². The van der Waals surface area contributed by atoms with Crippen LogP contribution >= 0.6 is 0 Å². The molecule has 0 amide bonds. The van der Waals surface area contributed by atoms with Gasteiger partial charge in [-0.2, -0.15) is 0 Å². The Labute approximate surface area is 112 Å². The zero-order valence-electron chi connectivity index (χ0n) is 11.0. The molecule has 1 aliphatic rings. The molecule has 1 aromatic heterocycles. The van der Waals surface area contributed by atoms with Crippen LogP contribution in [0.3, 0.4) is 0 Å². The summed E-state index contributed by atoms with van der Waals surface area (Å²) < 4.78 is 7.58. The van der Waals surface area contributed by atoms with Gasteiger partial charge < -0.3 is 14.4 Å². The van der Waals surface area contributed by atoms with Gasteiger partial charge in [-0.1, -0.05) is 18.2 Å². The summed E-state index contributed by atoms with van der Waals surface area (Å²) in [5, 5.41) is 10.5. The summed E-state index contributed by atoms with van der Waals surface area (Å²) in [5.41, 5.74) is 1.11. The normalized spacial score (nSPS) is 19.6. The molecule has 0 fully saturated rings. The summed E-state index contributed by atoms with van der Waals surface area (Å²) in [5.74, 6) is 1.94. The Bertz CT molecular complexity index is 565. The van der Waals surface area contributed by atoms with Gasteiger partial charge in [0.2, 0.25) is 0 Å². The Balaban J connectivity index is 1.81. The number of imidazole rings is 1. The lowest BCUT2D eigenvalue weighted by Crippen LogP contribution is -2.27. The standard InChI is InChI=1S/C15H18N2O2/c1-17-8-7-16-15(17)10-13(18)11-6-9-19-14-5-3-2-4-12(11)14/h2-5,7-8,11,13,18H,6,9-10H2,1H3. The lowest BCUT2D eigenvalue weighted by molar-refractivity contribution is 0.114. The van der Waals surface area contributed by atoms with Gasteiger partial charge in [0.1, 0.15) is 11.6 Å². The van der Waals surface area contributed by atoms with Crippen molar-refractivity contribution in [2.45, 2.75) is 24.9 Å². The van der Waals surface area contributed by atoms with Crippen LogP contribution in [0.25, 0.3) is 0 Å². The number of nitrogens with zero attached hydrogens (tertiary/aromatic N) is 2. The maximum Gasteiger partial charge on any atom is 0.122 e. The minimum Gasteiger partial charge on any atom is -0.493 e. The third kappa shape index (κ3) is 2.36. The van der Waals surface area contributed by atoms with Gasteiger partial charge in [-0.05, 0) is 18.1 Å². The van der Waals surface area contributed by atoms with Crippen LogP contribution in [-0.2, 0) is 13.5 Å². The summed E-state index contributed by atoms with van der Waals surface area (Å²) in [4.78, 5) is 4.28. The molecule has 2 unspecified atom stereocenters. The lowest BCUT2D eigenvalue weighted by Gasteiger charge is -2.29. The van der Waals surface area contributed by atoms with E-state index < -0.39 is 6.10 Å². The minimum absolute atomic E-state index is 0.127. The zero-order chi connectivity index (χ0) is 13.2. The van der Waals surface area contributed by atoms with Crippen LogP contribution < -0.4 is 4.74 Å². The maximum atomic E-state index is 10.5. The van der Waals surface area contributed by atoms with Crippen molar-refractivity contribution in [3.05, 3.63) is 48.0 Å². The van der Waals surface area contributed by atoms with Gasteiger partial charge >= 0.3 is 0 Å². The van der Waals surface area contributed by atoms with E-state index in [2.05, 4.69) is 4.98 Å². The quantitative estimate of drug-likeness (QED) is 0.914. The fourth-order valence-corrected chi connectivity index (χ4v) is 2.69. The summed E-state index contributed by atoms with van der Waals surface area (Å²) in [7, 11) is 1.95. The van der Waals surface area contributed by atoms with Crippen molar-refractivity contribution in [3.63, 3.8) is 0 Å². The SMILES string of the molecule is Cn1ccnc1CC(O)C1CCOc2ccccc21. The van der Waals surface area contributed by atoms with Crippen molar-refractivity contribution in [2.75, 3.05) is 6.61 Å². The molecule has 0 aliphatic carbocycles. The van der Waals surface area contributed by atoms with E-state index in [0.717, 1.165) is 23.6 Å². The molecule has 4 heteroatoms. The van der Waals surface area contributed by atoms with E-state index in [4.69, 9.17) is 4.74 Å². The number of ether oxygens (including phenoxy) is 1. The third-order valence-electron chi connectivity index (χ3n) is 3.78. The van der Waals surface area contributed by atoms with Crippen LogP contribution in [0.4, 0.5) is 0 Å². The zero-order valence-corrected chi connectivity index (χ0v) is 11.0. The van der Waals surface area contributed by atoms with E-state index in [0.29, 0.717) is 13.0 Å². The largest absolute Gasteiger partial charge is 0.493 e. The number of benzene rings is 1. The Hall–Kier alpha value is -1.81. The molecule has 4 nitrogen and oxygen atoms in total. The summed E-state index contributed by atoms with van der Waals surface area (Å²) >= 11 is 0. The molecule has 3 rings (SSSR count). The molecule has 2 aromatic rings. The predicted molar refractivity (Wildman–Crippen MR) is 72.2 cm³/mol. The second kappa shape index (κ2) is 5.05. The number of fused-ring (bicyclic) bond motifs is 1. The predicted octanol–water partition coefficient (Wildman–Crippen LogP) is 1.89. The van der Waals surface area contributed by atoms with Gasteiger partial charge in [0.25, 0.3) is 0 Å². The number of rotatable bonds is 3. The van der Waals surface area contributed by atoms with Crippen LogP contribution in [0.1, 0.15) is 23.7 Å². The number of para-hydroxylation sites is 1. The van der Waals surface area contributed by atoms with Gasteiger partial charge in [-0.15, -0.1) is 0 Å². The summed E-state index contributed by atoms with van der Waals surface area (Å²) in [6.45, 7) is 0.666. The number of aliphatic hydroxyl groups excluding tert-OH is 1. The highest BCUT2D eigenvalue weighted by atomic mass is 16.5. The van der Waals surface area contributed by atoms with Gasteiger partial charge in [0.15, 0.2) is 0 Å². The van der Waals surface area contributed by atoms with E-state index in [1.54, 1.807) is 6.20 Å². The summed E-state index contributed by atoms with van der Waals surface area (Å²) in [6.07, 6.45) is 4.66. The van der Waals surface area contributed by atoms with Gasteiger partial charge in [-0.3, -0.25) is 0 Å². The molecule has 0 radical (unpaired) electrons. The molecule has 2 heterocycles. The average molecular weight is 258 g/mol. The molecule has 1 N–H and O–H groups in total. The molecule has 0 saturated heterocycles. The van der Waals surface area contributed by atoms with Crippen molar-refractivity contribution >= 4 is 0 Å². The smallest absolute Gasteiger partial charge is 0.122 e. The highest BCUT2D eigenvalue weighted by molar-refractivity contribution is 5.38. The van der Waals surface area contributed by atoms with Gasteiger partial charge in [-0.25, -0.2) is 4.98 Å². The molecule has 19 heavy (non-hydrogen) atoms. The number of hydrogen-bond acceptors (Lipinski definition) is 3. The first-order valence-electron chi connectivity index (χ1n) is 6.61. The molecule has 0 bridgehead atoms. The number of aliphatic hydroxyl groups is 1. The number of hydrogen-bond donors (Lipinski definition) is 1. The minimum atomic E-state index is -0.425. The molecule has 0 spiro atoms. The van der Waals surface area contributed by atoms with Crippen LogP contribution in [0, 0.1) is 0 Å². The fraction of sp³-hybridized carbons (Fsp3) is 0.400. The van der Waals surface area contributed by atoms with Crippen molar-refractivity contribution in [1.29, 1.82) is 0 Å². The van der Waals surface area contributed by atoms with E-state index >= 15 is 0 Å². The Morgan fingerprint density at radius 3 is 3.11 bits per heavy atom. The number of aromatic nitrogens is 2. The highest BCUT2D eigenvalue weighted by Crippen LogP contribution is 2.36. The van der Waals surface area contributed by atoms with Gasteiger partial charge in [0, 0.05) is 31.8 Å². The molecule has 1 aromatic carbocycles. The van der Waals surface area contributed by atoms with Gasteiger partial charge in [0.05, 0.1) is 12.7 Å². The highest BCUT2D eigenvalue weighted by Gasteiger charge is 2.28. The molecular weight excluding hydrogens is 240 g/mol. The second-order valence-electron chi connectivity index (χ2n) is 5.01. The van der Waals surface area contributed by atoms with Crippen molar-refractivity contribution in [3.8, 4) is 5.75 Å². The van der Waals surface area contributed by atoms with Crippen molar-refractivity contribution < 1.29 is 9.84 Å². The van der Waals surface area contributed by atoms with E-state index in [1.165, 1.54) is 0 Å². The van der Waals surface area contributed by atoms with E-state index in [-0.39, 0.29) is 5.92 Å². The van der Waals surface area contributed by atoms with Crippen molar-refractivity contribution in [2.24, 2.45) is 7.05 Å². The van der Waals surface area contributed by atoms with Crippen LogP contribution in [0.5, 0.6) is 5.75 Å². The monoisotopic (exact) mass is 258 g/mol. The van der Waals surface area contributed by atoms with Crippen LogP contribution in [0.2, 0.25) is 0 Å². The Kier molecular flexibility index (Phi) is 3.25. The number of aryl methyl sites for hydroxylation is 1. The average Bonchev–Trinajstić information content (AvgIpc) is 2.83. The van der Waals surface area contributed by atoms with Crippen molar-refractivity contribution in [1.82, 2.24) is 9.55 Å². The third-order valence-corrected chi connectivity index (χ3v) is 3.78. The second-order valence-corrected chi connectivity index (χ2v) is 5.01. The molecule has 100 valence electrons. The van der Waals surface area contributed by atoms with E-state index in [1.807, 2.05) is 42.1 Å². The first-order valence-corrected chi connectivity index (χ1v) is 6.61. The van der Waals surface area contributed by atoms with Crippen LogP contribution in [-0.4, -0.2) is 27.4 Å². The summed E-state index contributed by atoms with van der Waals surface area (Å²) in [6, 6.07) is 7.97. The maximum absolute atomic E-state index is 10.5. The fourth-order valence-electron chi connectivity index (χ4n) is 2.69. The molecular formula is C15H18N2O2. The molecule has 1 aliphatic heterocycles.